The average Bonchev–Trinajstić information content (AvgIpc) is 2.26. The summed E-state index contributed by atoms with van der Waals surface area (Å²) in [6.07, 6.45) is 1.35. The Morgan fingerprint density at radius 1 is 1.50 bits per heavy atom. The lowest BCUT2D eigenvalue weighted by molar-refractivity contribution is 0.224. The molecule has 0 bridgehead atoms. The zero-order valence-corrected chi connectivity index (χ0v) is 5.44. The van der Waals surface area contributed by atoms with Crippen molar-refractivity contribution in [3.63, 3.8) is 0 Å². The first-order valence-corrected chi connectivity index (χ1v) is 3.26. The first-order valence-electron chi connectivity index (χ1n) is 3.26. The smallest absolute Gasteiger partial charge is 0.0470 e. The van der Waals surface area contributed by atoms with Gasteiger partial charge >= 0.3 is 0 Å². The van der Waals surface area contributed by atoms with Gasteiger partial charge in [-0.2, -0.15) is 0 Å². The van der Waals surface area contributed by atoms with E-state index >= 15 is 0 Å². The molecule has 0 aromatic rings. The van der Waals surface area contributed by atoms with Gasteiger partial charge in [-0.05, 0) is 23.2 Å². The van der Waals surface area contributed by atoms with Crippen LogP contribution in [0.1, 0.15) is 20.3 Å². The fourth-order valence-corrected chi connectivity index (χ4v) is 2.31. The molecule has 0 aromatic carbocycles. The molecule has 46 valence electrons. The molecule has 1 nitrogen and oxygen atoms in total. The third-order valence-electron chi connectivity index (χ3n) is 3.55. The molecule has 2 fully saturated rings. The molecule has 0 aromatic heterocycles. The van der Waals surface area contributed by atoms with E-state index in [1.54, 1.807) is 0 Å². The van der Waals surface area contributed by atoms with Crippen LogP contribution in [0.25, 0.3) is 0 Å². The summed E-state index contributed by atoms with van der Waals surface area (Å²) in [5.41, 5.74) is 1.14. The molecule has 1 heteroatoms. The molecule has 2 rings (SSSR count). The van der Waals surface area contributed by atoms with Crippen LogP contribution in [0.2, 0.25) is 0 Å². The molecule has 2 aliphatic carbocycles. The van der Waals surface area contributed by atoms with Crippen molar-refractivity contribution in [1.82, 2.24) is 0 Å². The molecule has 0 radical (unpaired) electrons. The molecule has 3 atom stereocenters. The Hall–Kier alpha value is -0.0400. The van der Waals surface area contributed by atoms with E-state index in [0.29, 0.717) is 23.4 Å². The quantitative estimate of drug-likeness (QED) is 0.537. The molecule has 1 N–H and O–H groups in total. The van der Waals surface area contributed by atoms with Gasteiger partial charge in [-0.3, -0.25) is 0 Å². The SMILES string of the molecule is C[C@@]12C[C@]1(C)C2CO. The minimum Gasteiger partial charge on any atom is -0.396 e. The molecule has 0 aliphatic heterocycles. The van der Waals surface area contributed by atoms with Crippen molar-refractivity contribution < 1.29 is 5.11 Å². The van der Waals surface area contributed by atoms with E-state index in [1.807, 2.05) is 0 Å². The predicted molar refractivity (Wildman–Crippen MR) is 31.4 cm³/mol. The molecule has 0 saturated heterocycles. The number of aliphatic hydroxyl groups excluding tert-OH is 1. The second-order valence-corrected chi connectivity index (χ2v) is 3.75. The van der Waals surface area contributed by atoms with Crippen molar-refractivity contribution in [3.05, 3.63) is 0 Å². The maximum Gasteiger partial charge on any atom is 0.0470 e. The van der Waals surface area contributed by atoms with E-state index in [0.717, 1.165) is 0 Å². The maximum atomic E-state index is 8.74. The second-order valence-electron chi connectivity index (χ2n) is 3.75. The largest absolute Gasteiger partial charge is 0.396 e. The first kappa shape index (κ1) is 4.80. The number of hydrogen-bond acceptors (Lipinski definition) is 1. The van der Waals surface area contributed by atoms with Gasteiger partial charge in [0.1, 0.15) is 0 Å². The first-order chi connectivity index (χ1) is 3.65. The van der Waals surface area contributed by atoms with Crippen LogP contribution in [0.3, 0.4) is 0 Å². The van der Waals surface area contributed by atoms with Crippen molar-refractivity contribution in [3.8, 4) is 0 Å². The Kier molecular flexibility index (Phi) is 0.516. The van der Waals surface area contributed by atoms with Gasteiger partial charge in [0.25, 0.3) is 0 Å². The van der Waals surface area contributed by atoms with Crippen LogP contribution in [0, 0.1) is 16.7 Å². The Morgan fingerprint density at radius 2 is 2.00 bits per heavy atom. The highest BCUT2D eigenvalue weighted by molar-refractivity contribution is 5.32. The summed E-state index contributed by atoms with van der Waals surface area (Å²) in [5.74, 6) is 0.648. The van der Waals surface area contributed by atoms with Gasteiger partial charge in [0.15, 0.2) is 0 Å². The van der Waals surface area contributed by atoms with Crippen LogP contribution < -0.4 is 0 Å². The fourth-order valence-electron chi connectivity index (χ4n) is 2.31. The maximum absolute atomic E-state index is 8.74. The lowest BCUT2D eigenvalue weighted by Crippen LogP contribution is -2.02. The lowest BCUT2D eigenvalue weighted by Gasteiger charge is -2.03. The summed E-state index contributed by atoms with van der Waals surface area (Å²) in [6, 6.07) is 0. The fraction of sp³-hybridized carbons (Fsp3) is 1.00. The summed E-state index contributed by atoms with van der Waals surface area (Å²) in [7, 11) is 0. The summed E-state index contributed by atoms with van der Waals surface area (Å²) in [5, 5.41) is 8.74. The van der Waals surface area contributed by atoms with Gasteiger partial charge in [-0.1, -0.05) is 13.8 Å². The average molecular weight is 112 g/mol. The monoisotopic (exact) mass is 112 g/mol. The third-order valence-corrected chi connectivity index (χ3v) is 3.55. The minimum atomic E-state index is 0.410. The number of hydrogen-bond donors (Lipinski definition) is 1. The van der Waals surface area contributed by atoms with E-state index in [-0.39, 0.29) is 0 Å². The van der Waals surface area contributed by atoms with E-state index < -0.39 is 0 Å². The lowest BCUT2D eigenvalue weighted by atomic mass is 10.1. The molecule has 8 heavy (non-hydrogen) atoms. The number of aliphatic hydroxyl groups is 1. The summed E-state index contributed by atoms with van der Waals surface area (Å²) in [6.45, 7) is 4.95. The van der Waals surface area contributed by atoms with E-state index in [4.69, 9.17) is 5.11 Å². The van der Waals surface area contributed by atoms with Crippen molar-refractivity contribution in [2.24, 2.45) is 16.7 Å². The van der Waals surface area contributed by atoms with E-state index in [9.17, 15) is 0 Å². The van der Waals surface area contributed by atoms with Gasteiger partial charge in [-0.15, -0.1) is 0 Å². The van der Waals surface area contributed by atoms with E-state index in [1.165, 1.54) is 6.42 Å². The molecule has 2 aliphatic rings. The minimum absolute atomic E-state index is 0.410. The highest BCUT2D eigenvalue weighted by atomic mass is 16.3. The Morgan fingerprint density at radius 3 is 2.00 bits per heavy atom. The van der Waals surface area contributed by atoms with Crippen molar-refractivity contribution in [2.45, 2.75) is 20.3 Å². The summed E-state index contributed by atoms with van der Waals surface area (Å²) in [4.78, 5) is 0. The van der Waals surface area contributed by atoms with Gasteiger partial charge in [-0.25, -0.2) is 0 Å². The van der Waals surface area contributed by atoms with Gasteiger partial charge < -0.3 is 5.11 Å². The van der Waals surface area contributed by atoms with Gasteiger partial charge in [0, 0.05) is 6.61 Å². The van der Waals surface area contributed by atoms with Gasteiger partial charge in [0.05, 0.1) is 0 Å². The summed E-state index contributed by atoms with van der Waals surface area (Å²) >= 11 is 0. The highest BCUT2D eigenvalue weighted by Crippen LogP contribution is 2.89. The Bertz CT molecular complexity index is 129. The zero-order valence-electron chi connectivity index (χ0n) is 5.44. The third kappa shape index (κ3) is 0.235. The van der Waals surface area contributed by atoms with Crippen LogP contribution in [0.4, 0.5) is 0 Å². The zero-order chi connectivity index (χ0) is 5.99. The number of rotatable bonds is 1. The van der Waals surface area contributed by atoms with Crippen molar-refractivity contribution >= 4 is 0 Å². The highest BCUT2D eigenvalue weighted by Gasteiger charge is 2.84. The van der Waals surface area contributed by atoms with Crippen LogP contribution in [-0.4, -0.2) is 11.7 Å². The van der Waals surface area contributed by atoms with Crippen molar-refractivity contribution in [2.75, 3.05) is 6.61 Å². The molecular formula is C7H12O. The molecule has 1 unspecified atom stereocenters. The van der Waals surface area contributed by atoms with Crippen LogP contribution in [0.5, 0.6) is 0 Å². The topological polar surface area (TPSA) is 20.2 Å². The summed E-state index contributed by atoms with van der Waals surface area (Å²) < 4.78 is 0. The predicted octanol–water partition coefficient (Wildman–Crippen LogP) is 1.02. The Balaban J connectivity index is 2.13. The Labute approximate surface area is 49.7 Å². The van der Waals surface area contributed by atoms with Crippen molar-refractivity contribution in [1.29, 1.82) is 0 Å². The molecule has 0 heterocycles. The molecule has 2 saturated carbocycles. The van der Waals surface area contributed by atoms with Gasteiger partial charge in [0.2, 0.25) is 0 Å². The normalized spacial score (nSPS) is 67.1. The molecule has 0 amide bonds. The second kappa shape index (κ2) is 0.860. The number of fused-ring (bicyclic) bond motifs is 1. The van der Waals surface area contributed by atoms with Crippen LogP contribution >= 0.6 is 0 Å². The van der Waals surface area contributed by atoms with Crippen LogP contribution in [0.15, 0.2) is 0 Å². The molecule has 0 spiro atoms. The molecular weight excluding hydrogens is 100 g/mol. The van der Waals surface area contributed by atoms with E-state index in [2.05, 4.69) is 13.8 Å². The van der Waals surface area contributed by atoms with Crippen LogP contribution in [-0.2, 0) is 0 Å². The standard InChI is InChI=1S/C7H12O/c1-6-4-7(6,2)5(6)3-8/h5,8H,3-4H2,1-2H3/t5?,6-,7+.